The van der Waals surface area contributed by atoms with Gasteiger partial charge in [0.15, 0.2) is 0 Å². The molecule has 0 fully saturated rings. The Labute approximate surface area is 201 Å². The van der Waals surface area contributed by atoms with Crippen LogP contribution >= 0.6 is 0 Å². The van der Waals surface area contributed by atoms with E-state index >= 15 is 0 Å². The highest BCUT2D eigenvalue weighted by atomic mass is 28.4. The fourth-order valence-corrected chi connectivity index (χ4v) is 4.22. The van der Waals surface area contributed by atoms with Gasteiger partial charge < -0.3 is 24.0 Å². The van der Waals surface area contributed by atoms with Gasteiger partial charge in [-0.1, -0.05) is 13.3 Å². The Morgan fingerprint density at radius 2 is 1.66 bits per heavy atom. The van der Waals surface area contributed by atoms with E-state index < -0.39 is 45.5 Å². The van der Waals surface area contributed by atoms with Crippen molar-refractivity contribution in [1.82, 2.24) is 10.2 Å². The molecule has 35 heavy (non-hydrogen) atoms. The highest BCUT2D eigenvalue weighted by Crippen LogP contribution is 2.39. The smallest absolute Gasteiger partial charge is 0.398 e. The normalized spacial score (nSPS) is 15.8. The number of aliphatic hydroxyl groups excluding tert-OH is 1. The predicted molar refractivity (Wildman–Crippen MR) is 113 cm³/mol. The number of amides is 1. The number of carbonyl (C=O) groups excluding carboxylic acids is 1. The highest BCUT2D eigenvalue weighted by molar-refractivity contribution is 6.65. The Balaban J connectivity index is 4.72. The van der Waals surface area contributed by atoms with Crippen LogP contribution in [0.5, 0.6) is 0 Å². The molecule has 0 spiro atoms. The molecule has 0 aromatic rings. The molecule has 0 radical (unpaired) electrons. The molecule has 16 heteroatoms. The van der Waals surface area contributed by atoms with Gasteiger partial charge in [0.1, 0.15) is 0 Å². The zero-order valence-electron chi connectivity index (χ0n) is 20.2. The first kappa shape index (κ1) is 34.0. The van der Waals surface area contributed by atoms with Crippen LogP contribution in [0, 0.1) is 0 Å². The molecule has 0 aliphatic rings. The SMILES string of the molecule is CCCCN(CCNC(=O)C(F)(OC(F)(F)F)C(F)(F)F)CC(O)COCCC[Si](C)(OC)OC. The lowest BCUT2D eigenvalue weighted by atomic mass is 10.2. The lowest BCUT2D eigenvalue weighted by molar-refractivity contribution is -0.432. The number of unbranched alkanes of at least 4 members (excludes halogenated alkanes) is 1. The maximum atomic E-state index is 13.9. The average molecular weight is 549 g/mol. The summed E-state index contributed by atoms with van der Waals surface area (Å²) in [5, 5.41) is 11.7. The van der Waals surface area contributed by atoms with Gasteiger partial charge >= 0.3 is 27.0 Å². The topological polar surface area (TPSA) is 89.5 Å². The fraction of sp³-hybridized carbons (Fsp3) is 0.947. The van der Waals surface area contributed by atoms with Gasteiger partial charge in [-0.25, -0.2) is 4.74 Å². The van der Waals surface area contributed by atoms with Crippen molar-refractivity contribution in [3.05, 3.63) is 0 Å². The van der Waals surface area contributed by atoms with Crippen molar-refractivity contribution < 1.29 is 59.0 Å². The van der Waals surface area contributed by atoms with E-state index in [4.69, 9.17) is 13.6 Å². The molecule has 0 saturated heterocycles. The molecule has 0 aromatic carbocycles. The predicted octanol–water partition coefficient (Wildman–Crippen LogP) is 3.10. The number of nitrogens with one attached hydrogen (secondary N) is 1. The molecule has 0 bridgehead atoms. The van der Waals surface area contributed by atoms with Crippen LogP contribution in [0.4, 0.5) is 30.7 Å². The van der Waals surface area contributed by atoms with Crippen LogP contribution in [0.2, 0.25) is 12.6 Å². The summed E-state index contributed by atoms with van der Waals surface area (Å²) in [4.78, 5) is 13.2. The quantitative estimate of drug-likeness (QED) is 0.155. The first-order valence-electron chi connectivity index (χ1n) is 10.9. The van der Waals surface area contributed by atoms with Crippen LogP contribution in [-0.2, 0) is 23.1 Å². The van der Waals surface area contributed by atoms with E-state index in [1.54, 1.807) is 19.1 Å². The summed E-state index contributed by atoms with van der Waals surface area (Å²) in [5.41, 5.74) is 0. The van der Waals surface area contributed by atoms with Crippen LogP contribution in [0.3, 0.4) is 0 Å². The van der Waals surface area contributed by atoms with Gasteiger partial charge in [0, 0.05) is 40.5 Å². The van der Waals surface area contributed by atoms with Crippen LogP contribution in [0.1, 0.15) is 26.2 Å². The molecule has 0 aromatic heterocycles. The number of nitrogens with zero attached hydrogens (tertiary/aromatic N) is 1. The van der Waals surface area contributed by atoms with Crippen molar-refractivity contribution >= 4 is 14.5 Å². The Morgan fingerprint density at radius 3 is 2.14 bits per heavy atom. The number of rotatable bonds is 18. The minimum atomic E-state index is -6.26. The number of carbonyl (C=O) groups is 1. The molecule has 2 unspecified atom stereocenters. The zero-order chi connectivity index (χ0) is 27.3. The van der Waals surface area contributed by atoms with Crippen LogP contribution < -0.4 is 5.32 Å². The monoisotopic (exact) mass is 548 g/mol. The van der Waals surface area contributed by atoms with Crippen molar-refractivity contribution in [3.8, 4) is 0 Å². The van der Waals surface area contributed by atoms with E-state index in [1.165, 1.54) is 5.32 Å². The standard InChI is InChI=1S/C19H35F7N2O6Si/c1-5-6-9-28(13-15(29)14-33-11-7-12-35(4,31-2)32-3)10-8-27-16(30)17(20,18(21,22)23)34-19(24,25)26/h15,29H,5-14H2,1-4H3,(H,27,30). The lowest BCUT2D eigenvalue weighted by Crippen LogP contribution is -2.58. The highest BCUT2D eigenvalue weighted by Gasteiger charge is 2.68. The number of halogens is 7. The first-order chi connectivity index (χ1) is 16.0. The van der Waals surface area contributed by atoms with Gasteiger partial charge in [0.05, 0.1) is 12.7 Å². The summed E-state index contributed by atoms with van der Waals surface area (Å²) in [6.07, 6.45) is -11.3. The molecule has 8 nitrogen and oxygen atoms in total. The third-order valence-corrected chi connectivity index (χ3v) is 8.01. The van der Waals surface area contributed by atoms with Crippen molar-refractivity contribution in [2.24, 2.45) is 0 Å². The molecular formula is C19H35F7N2O6Si. The van der Waals surface area contributed by atoms with Crippen molar-refractivity contribution in [2.75, 3.05) is 53.6 Å². The second kappa shape index (κ2) is 15.3. The largest absolute Gasteiger partial charge is 0.525 e. The van der Waals surface area contributed by atoms with Crippen molar-refractivity contribution in [2.45, 2.75) is 63.3 Å². The van der Waals surface area contributed by atoms with E-state index in [0.717, 1.165) is 6.42 Å². The third kappa shape index (κ3) is 13.2. The molecule has 0 rings (SSSR count). The summed E-state index contributed by atoms with van der Waals surface area (Å²) < 4.78 is 107. The van der Waals surface area contributed by atoms with Gasteiger partial charge in [0.25, 0.3) is 5.91 Å². The molecule has 1 amide bonds. The summed E-state index contributed by atoms with van der Waals surface area (Å²) in [7, 11) is 0.894. The van der Waals surface area contributed by atoms with Gasteiger partial charge in [-0.3, -0.25) is 9.69 Å². The van der Waals surface area contributed by atoms with E-state index in [1.807, 2.05) is 13.5 Å². The van der Waals surface area contributed by atoms with Gasteiger partial charge in [-0.05, 0) is 32.0 Å². The molecular weight excluding hydrogens is 513 g/mol. The van der Waals surface area contributed by atoms with E-state index in [9.17, 15) is 40.6 Å². The van der Waals surface area contributed by atoms with Crippen molar-refractivity contribution in [1.29, 1.82) is 0 Å². The number of alkyl halides is 7. The maximum Gasteiger partial charge on any atom is 0.525 e. The second-order valence-corrected chi connectivity index (χ2v) is 11.5. The molecule has 2 N–H and O–H groups in total. The Hall–Kier alpha value is -1.04. The van der Waals surface area contributed by atoms with E-state index in [0.29, 0.717) is 32.0 Å². The summed E-state index contributed by atoms with van der Waals surface area (Å²) in [6.45, 7) is 3.65. The Kier molecular flexibility index (Phi) is 14.8. The van der Waals surface area contributed by atoms with E-state index in [-0.39, 0.29) is 19.7 Å². The van der Waals surface area contributed by atoms with Crippen molar-refractivity contribution in [3.63, 3.8) is 0 Å². The van der Waals surface area contributed by atoms with Crippen LogP contribution in [0.15, 0.2) is 0 Å². The molecule has 0 saturated carbocycles. The Bertz CT molecular complexity index is 611. The van der Waals surface area contributed by atoms with Crippen LogP contribution in [0.25, 0.3) is 0 Å². The molecule has 0 aliphatic carbocycles. The lowest BCUT2D eigenvalue weighted by Gasteiger charge is -2.28. The molecule has 0 aliphatic heterocycles. The number of ether oxygens (including phenoxy) is 2. The summed E-state index contributed by atoms with van der Waals surface area (Å²) in [5.74, 6) is -8.21. The zero-order valence-corrected chi connectivity index (χ0v) is 21.2. The maximum absolute atomic E-state index is 13.9. The number of aliphatic hydroxyl groups is 1. The average Bonchev–Trinajstić information content (AvgIpc) is 2.74. The van der Waals surface area contributed by atoms with E-state index in [2.05, 4.69) is 4.74 Å². The Morgan fingerprint density at radius 1 is 1.06 bits per heavy atom. The molecule has 2 atom stereocenters. The number of hydrogen-bond donors (Lipinski definition) is 2. The third-order valence-electron chi connectivity index (χ3n) is 5.02. The van der Waals surface area contributed by atoms with Crippen LogP contribution in [-0.4, -0.2) is 103 Å². The first-order valence-corrected chi connectivity index (χ1v) is 13.4. The molecule has 210 valence electrons. The van der Waals surface area contributed by atoms with Gasteiger partial charge in [0.2, 0.25) is 0 Å². The minimum absolute atomic E-state index is 0.0115. The fourth-order valence-electron chi connectivity index (χ4n) is 2.86. The van der Waals surface area contributed by atoms with Gasteiger partial charge in [-0.2, -0.15) is 17.6 Å². The molecule has 0 heterocycles. The number of hydrogen-bond acceptors (Lipinski definition) is 7. The van der Waals surface area contributed by atoms with Gasteiger partial charge in [-0.15, -0.1) is 13.2 Å². The summed E-state index contributed by atoms with van der Waals surface area (Å²) in [6, 6.07) is 0.671. The second-order valence-electron chi connectivity index (χ2n) is 7.93. The minimum Gasteiger partial charge on any atom is -0.398 e. The summed E-state index contributed by atoms with van der Waals surface area (Å²) >= 11 is 0.